The first-order chi connectivity index (χ1) is 30.4. The van der Waals surface area contributed by atoms with Crippen molar-refractivity contribution in [2.75, 3.05) is 35.2 Å². The molecule has 0 saturated carbocycles. The molecule has 3 N–H and O–H groups in total. The second-order valence-corrected chi connectivity index (χ2v) is 22.4. The predicted molar refractivity (Wildman–Crippen MR) is 263 cm³/mol. The maximum atomic E-state index is 11.6. The van der Waals surface area contributed by atoms with Gasteiger partial charge >= 0.3 is 0 Å². The van der Waals surface area contributed by atoms with E-state index in [1.807, 2.05) is 12.1 Å². The Labute approximate surface area is 382 Å². The smallest absolute Gasteiger partial charge is 0.264 e. The van der Waals surface area contributed by atoms with Gasteiger partial charge in [0.1, 0.15) is 6.54 Å². The minimum atomic E-state index is -4.31. The number of hydrogen-bond donors (Lipinski definition) is 2. The molecule has 2 aliphatic heterocycles. The van der Waals surface area contributed by atoms with E-state index >= 15 is 0 Å². The quantitative estimate of drug-likeness (QED) is 0.0454. The summed E-state index contributed by atoms with van der Waals surface area (Å²) in [5.74, 6) is -0.650. The third-order valence-corrected chi connectivity index (χ3v) is 15.9. The minimum absolute atomic E-state index is 0.271. The molecule has 12 heteroatoms. The summed E-state index contributed by atoms with van der Waals surface area (Å²) in [4.78, 5) is 4.61. The van der Waals surface area contributed by atoms with Crippen LogP contribution < -0.4 is 10.6 Å². The van der Waals surface area contributed by atoms with Crippen molar-refractivity contribution in [3.05, 3.63) is 154 Å². The zero-order valence-corrected chi connectivity index (χ0v) is 39.5. The van der Waals surface area contributed by atoms with Crippen LogP contribution in [0.25, 0.3) is 21.5 Å². The van der Waals surface area contributed by atoms with E-state index in [1.165, 1.54) is 43.3 Å². The Bertz CT molecular complexity index is 3020. The average molecular weight is 916 g/mol. The lowest BCUT2D eigenvalue weighted by Gasteiger charge is -2.28. The van der Waals surface area contributed by atoms with Crippen molar-refractivity contribution in [1.29, 1.82) is 0 Å². The highest BCUT2D eigenvalue weighted by molar-refractivity contribution is 8.03. The van der Waals surface area contributed by atoms with Gasteiger partial charge in [-0.25, -0.2) is 8.42 Å². The Morgan fingerprint density at radius 2 is 1.41 bits per heavy atom. The first-order valence-corrected chi connectivity index (χ1v) is 26.1. The molecule has 64 heavy (non-hydrogen) atoms. The highest BCUT2D eigenvalue weighted by Gasteiger charge is 2.45. The van der Waals surface area contributed by atoms with Crippen LogP contribution in [-0.4, -0.2) is 60.8 Å². The van der Waals surface area contributed by atoms with E-state index in [4.69, 9.17) is 5.73 Å². The van der Waals surface area contributed by atoms with Gasteiger partial charge in [-0.3, -0.25) is 4.55 Å². The summed E-state index contributed by atoms with van der Waals surface area (Å²) in [5.41, 5.74) is 15.5. The molecule has 3 aliphatic rings. The molecule has 0 atom stereocenters. The van der Waals surface area contributed by atoms with E-state index in [0.29, 0.717) is 44.5 Å². The van der Waals surface area contributed by atoms with Crippen molar-refractivity contribution in [3.8, 4) is 0 Å². The summed E-state index contributed by atoms with van der Waals surface area (Å²) >= 11 is 1.74. The van der Waals surface area contributed by atoms with Crippen LogP contribution in [-0.2, 0) is 31.1 Å². The van der Waals surface area contributed by atoms with Gasteiger partial charge in [0, 0.05) is 68.7 Å². The van der Waals surface area contributed by atoms with Gasteiger partial charge in [0.05, 0.1) is 21.3 Å². The number of anilines is 2. The lowest BCUT2D eigenvalue weighted by Crippen LogP contribution is -2.28. The molecular formula is C52H57N3O6S3. The van der Waals surface area contributed by atoms with Crippen LogP contribution in [0.4, 0.5) is 17.1 Å². The molecule has 0 unspecified atom stereocenters. The molecule has 0 amide bonds. The van der Waals surface area contributed by atoms with Crippen molar-refractivity contribution >= 4 is 76.3 Å². The van der Waals surface area contributed by atoms with Gasteiger partial charge < -0.3 is 15.2 Å². The zero-order valence-electron chi connectivity index (χ0n) is 37.0. The Balaban J connectivity index is 1.22. The standard InChI is InChI=1S/C52H57N3O6S3/c1-51(2)46(54(32-9-11-34-63(56,57)58)44-28-20-36-14-5-7-18-42(36)48(44)51)30-22-38-16-13-17-39(50(38)62-41-26-24-40(53)25-27-41)23-31-47-52(3,4)49-43-19-8-6-15-37(43)21-29-45(49)55(47)33-10-12-35-64(59,60)61/h5-8,14-15,18-31H,9-13,16-17,32-35,53H2,1-4H3,(H-,56,57,58,59,60,61). The van der Waals surface area contributed by atoms with E-state index < -0.39 is 20.2 Å². The van der Waals surface area contributed by atoms with Crippen LogP contribution in [0.3, 0.4) is 0 Å². The van der Waals surface area contributed by atoms with Gasteiger partial charge in [0.15, 0.2) is 5.71 Å². The Morgan fingerprint density at radius 1 is 0.750 bits per heavy atom. The minimum Gasteiger partial charge on any atom is -0.748 e. The van der Waals surface area contributed by atoms with Gasteiger partial charge in [-0.05, 0) is 133 Å². The molecule has 0 radical (unpaired) electrons. The van der Waals surface area contributed by atoms with Crippen LogP contribution in [0.5, 0.6) is 0 Å². The number of nitrogens with two attached hydrogens (primary N) is 1. The molecule has 2 heterocycles. The topological polar surface area (TPSA) is 144 Å². The molecule has 0 fully saturated rings. The van der Waals surface area contributed by atoms with Gasteiger partial charge in [0.2, 0.25) is 5.69 Å². The predicted octanol–water partition coefficient (Wildman–Crippen LogP) is 11.3. The molecule has 334 valence electrons. The number of fused-ring (bicyclic) bond motifs is 6. The largest absolute Gasteiger partial charge is 0.748 e. The number of rotatable bonds is 15. The van der Waals surface area contributed by atoms with E-state index in [0.717, 1.165) is 52.3 Å². The molecule has 9 nitrogen and oxygen atoms in total. The molecular weight excluding hydrogens is 859 g/mol. The number of nitrogen functional groups attached to an aromatic ring is 1. The summed E-state index contributed by atoms with van der Waals surface area (Å²) in [6.07, 6.45) is 13.6. The lowest BCUT2D eigenvalue weighted by atomic mass is 9.78. The number of nitrogens with zero attached hydrogens (tertiary/aromatic N) is 2. The van der Waals surface area contributed by atoms with Crippen molar-refractivity contribution in [3.63, 3.8) is 0 Å². The first-order valence-electron chi connectivity index (χ1n) is 22.1. The van der Waals surface area contributed by atoms with Crippen molar-refractivity contribution in [2.24, 2.45) is 0 Å². The SMILES string of the molecule is CC1(C)C(/C=C/C2=C(Sc3ccc(N)cc3)C(=C/C=C3/N(CCCCS(=O)(=O)O)c4ccc5ccccc5c4C3(C)C)/CCC2)=[N+](CCCCS(=O)(=O)[O-])c2ccc3ccccc3c21. The van der Waals surface area contributed by atoms with Crippen LogP contribution in [0.15, 0.2) is 148 Å². The molecule has 5 aromatic carbocycles. The van der Waals surface area contributed by atoms with Gasteiger partial charge in [-0.1, -0.05) is 92.4 Å². The molecule has 5 aromatic rings. The summed E-state index contributed by atoms with van der Waals surface area (Å²) in [5, 5.41) is 4.72. The Hall–Kier alpha value is -4.98. The third kappa shape index (κ3) is 9.53. The average Bonchev–Trinajstić information content (AvgIpc) is 3.61. The van der Waals surface area contributed by atoms with Crippen molar-refractivity contribution in [1.82, 2.24) is 0 Å². The summed E-state index contributed by atoms with van der Waals surface area (Å²) in [7, 11) is -8.37. The second kappa shape index (κ2) is 18.1. The van der Waals surface area contributed by atoms with Crippen molar-refractivity contribution in [2.45, 2.75) is 88.4 Å². The van der Waals surface area contributed by atoms with Crippen LogP contribution in [0.2, 0.25) is 0 Å². The maximum absolute atomic E-state index is 11.6. The fourth-order valence-electron chi connectivity index (χ4n) is 10.0. The third-order valence-electron chi connectivity index (χ3n) is 13.0. The van der Waals surface area contributed by atoms with E-state index in [2.05, 4.69) is 146 Å². The van der Waals surface area contributed by atoms with Crippen LogP contribution in [0.1, 0.15) is 83.8 Å². The molecule has 0 saturated heterocycles. The van der Waals surface area contributed by atoms with Crippen LogP contribution >= 0.6 is 11.8 Å². The van der Waals surface area contributed by atoms with Crippen LogP contribution in [0, 0.1) is 0 Å². The Kier molecular flexibility index (Phi) is 12.9. The summed E-state index contributed by atoms with van der Waals surface area (Å²) < 4.78 is 69.7. The summed E-state index contributed by atoms with van der Waals surface area (Å²) in [6, 6.07) is 33.6. The highest BCUT2D eigenvalue weighted by atomic mass is 32.2. The Morgan fingerprint density at radius 3 is 2.09 bits per heavy atom. The first kappa shape index (κ1) is 45.6. The molecule has 0 bridgehead atoms. The van der Waals surface area contributed by atoms with E-state index in [1.54, 1.807) is 11.8 Å². The second-order valence-electron chi connectivity index (χ2n) is 18.2. The number of benzene rings is 5. The lowest BCUT2D eigenvalue weighted by molar-refractivity contribution is -0.438. The molecule has 1 aliphatic carbocycles. The van der Waals surface area contributed by atoms with E-state index in [-0.39, 0.29) is 22.3 Å². The molecule has 0 aromatic heterocycles. The number of hydrogen-bond acceptors (Lipinski definition) is 8. The fourth-order valence-corrected chi connectivity index (χ4v) is 12.3. The van der Waals surface area contributed by atoms with E-state index in [9.17, 15) is 25.9 Å². The maximum Gasteiger partial charge on any atom is 0.264 e. The molecule has 0 spiro atoms. The van der Waals surface area contributed by atoms with Crippen molar-refractivity contribution < 1.29 is 30.5 Å². The normalized spacial score (nSPS) is 18.6. The number of unbranched alkanes of at least 4 members (excludes halogenated alkanes) is 2. The van der Waals surface area contributed by atoms with Gasteiger partial charge in [-0.15, -0.1) is 0 Å². The van der Waals surface area contributed by atoms with Gasteiger partial charge in [0.25, 0.3) is 10.1 Å². The number of allylic oxidation sites excluding steroid dienone is 7. The summed E-state index contributed by atoms with van der Waals surface area (Å²) in [6.45, 7) is 10.2. The zero-order chi connectivity index (χ0) is 45.4. The molecule has 8 rings (SSSR count). The fraction of sp³-hybridized carbons (Fsp3) is 0.327. The highest BCUT2D eigenvalue weighted by Crippen LogP contribution is 2.52. The monoisotopic (exact) mass is 915 g/mol. The van der Waals surface area contributed by atoms with Gasteiger partial charge in [-0.2, -0.15) is 13.0 Å². The number of thioether (sulfide) groups is 1.